The number of nitroso groups, excluding NO2 is 1. The van der Waals surface area contributed by atoms with E-state index in [1.807, 2.05) is 0 Å². The first kappa shape index (κ1) is 16.1. The minimum Gasteiger partial charge on any atom is -0.286 e. The number of nitrogens with two attached hydrogens (primary N) is 4. The fraction of sp³-hybridized carbons (Fsp3) is 0. The molecule has 0 unspecified atom stereocenters. The van der Waals surface area contributed by atoms with Crippen LogP contribution in [0.1, 0.15) is 0 Å². The minimum atomic E-state index is -1.60. The Morgan fingerprint density at radius 3 is 1.37 bits per heavy atom. The highest BCUT2D eigenvalue weighted by molar-refractivity contribution is 6.35. The molecule has 0 spiro atoms. The number of hydrogen-bond acceptors (Lipinski definition) is 10. The Morgan fingerprint density at radius 1 is 0.842 bits per heavy atom. The van der Waals surface area contributed by atoms with E-state index >= 15 is 0 Å². The van der Waals surface area contributed by atoms with Crippen molar-refractivity contribution in [1.82, 2.24) is 26.3 Å². The van der Waals surface area contributed by atoms with Crippen LogP contribution in [0.25, 0.3) is 0 Å². The maximum atomic E-state index is 11.2. The van der Waals surface area contributed by atoms with Gasteiger partial charge in [-0.2, -0.15) is 0 Å². The second kappa shape index (κ2) is 6.76. The van der Waals surface area contributed by atoms with Crippen LogP contribution in [0.4, 0.5) is 0 Å². The number of carbonyl (C=O) groups excluding carboxylic acids is 4. The van der Waals surface area contributed by atoms with Gasteiger partial charge in [-0.1, -0.05) is 0 Å². The summed E-state index contributed by atoms with van der Waals surface area (Å²) >= 11 is 0. The van der Waals surface area contributed by atoms with Gasteiger partial charge in [-0.05, 0) is 5.23 Å². The van der Waals surface area contributed by atoms with E-state index < -0.39 is 23.6 Å². The normalized spacial score (nSPS) is 9.05. The van der Waals surface area contributed by atoms with Gasteiger partial charge in [0.15, 0.2) is 0 Å². The van der Waals surface area contributed by atoms with E-state index in [0.717, 1.165) is 0 Å². The first-order valence-electron chi connectivity index (χ1n) is 4.14. The lowest BCUT2D eigenvalue weighted by atomic mass is 10.6. The van der Waals surface area contributed by atoms with Crippen LogP contribution in [0, 0.1) is 4.91 Å². The SMILES string of the molecule is NNC(=O)C(=O)N(N)N(N=O)N(N)C(=O)C(=O)NN. The van der Waals surface area contributed by atoms with Gasteiger partial charge in [0.25, 0.3) is 0 Å². The molecule has 15 nitrogen and oxygen atoms in total. The lowest BCUT2D eigenvalue weighted by molar-refractivity contribution is -0.206. The molecular weight excluding hydrogens is 268 g/mol. The number of hydrazine groups is 6. The fourth-order valence-corrected chi connectivity index (χ4v) is 0.677. The van der Waals surface area contributed by atoms with Crippen molar-refractivity contribution in [3.05, 3.63) is 4.91 Å². The number of hydrogen-bond donors (Lipinski definition) is 6. The quantitative estimate of drug-likeness (QED) is 0.0938. The molecule has 19 heavy (non-hydrogen) atoms. The lowest BCUT2D eigenvalue weighted by Gasteiger charge is -2.29. The van der Waals surface area contributed by atoms with Crippen molar-refractivity contribution < 1.29 is 19.2 Å². The zero-order valence-corrected chi connectivity index (χ0v) is 9.14. The van der Waals surface area contributed by atoms with Gasteiger partial charge < -0.3 is 0 Å². The van der Waals surface area contributed by atoms with Crippen LogP contribution in [0.5, 0.6) is 0 Å². The topological polar surface area (TPSA) is 236 Å². The molecular formula is C4H10N10O5. The third-order valence-electron chi connectivity index (χ3n) is 1.53. The number of nitrogens with one attached hydrogen (secondary N) is 2. The van der Waals surface area contributed by atoms with Crippen LogP contribution in [-0.4, -0.2) is 39.1 Å². The molecule has 0 aliphatic heterocycles. The summed E-state index contributed by atoms with van der Waals surface area (Å²) in [5, 5.41) is 1.22. The van der Waals surface area contributed by atoms with E-state index in [4.69, 9.17) is 11.7 Å². The highest BCUT2D eigenvalue weighted by Gasteiger charge is 2.33. The molecule has 4 amide bonds. The number of carbonyl (C=O) groups is 4. The van der Waals surface area contributed by atoms with Gasteiger partial charge in [0.2, 0.25) is 0 Å². The van der Waals surface area contributed by atoms with E-state index in [1.165, 1.54) is 10.9 Å². The molecule has 0 fully saturated rings. The zero-order chi connectivity index (χ0) is 15.2. The summed E-state index contributed by atoms with van der Waals surface area (Å²) in [5.41, 5.74) is 2.81. The van der Waals surface area contributed by atoms with Crippen molar-refractivity contribution in [1.29, 1.82) is 0 Å². The predicted molar refractivity (Wildman–Crippen MR) is 54.4 cm³/mol. The second-order valence-corrected chi connectivity index (χ2v) is 2.60. The average Bonchev–Trinajstić information content (AvgIpc) is 2.43. The summed E-state index contributed by atoms with van der Waals surface area (Å²) in [5.74, 6) is 13.2. The second-order valence-electron chi connectivity index (χ2n) is 2.60. The average molecular weight is 278 g/mol. The minimum absolute atomic E-state index is 0.267. The molecule has 15 heteroatoms. The molecule has 0 atom stereocenters. The molecule has 0 radical (unpaired) electrons. The Balaban J connectivity index is 5.06. The maximum Gasteiger partial charge on any atom is 0.349 e. The number of nitrogens with zero attached hydrogens (tertiary/aromatic N) is 4. The lowest BCUT2D eigenvalue weighted by Crippen LogP contribution is -2.64. The van der Waals surface area contributed by atoms with Gasteiger partial charge in [0, 0.05) is 0 Å². The molecule has 10 N–H and O–H groups in total. The Kier molecular flexibility index (Phi) is 5.73. The Morgan fingerprint density at radius 2 is 1.16 bits per heavy atom. The molecule has 0 aromatic rings. The van der Waals surface area contributed by atoms with Crippen molar-refractivity contribution in [3.8, 4) is 0 Å². The molecule has 0 aliphatic rings. The molecule has 0 aromatic carbocycles. The van der Waals surface area contributed by atoms with Crippen LogP contribution in [0.2, 0.25) is 0 Å². The number of amides is 4. The van der Waals surface area contributed by atoms with Crippen LogP contribution in [0.3, 0.4) is 0 Å². The fourth-order valence-electron chi connectivity index (χ4n) is 0.677. The Labute approximate surface area is 104 Å². The van der Waals surface area contributed by atoms with E-state index in [2.05, 4.69) is 17.0 Å². The zero-order valence-electron chi connectivity index (χ0n) is 9.14. The van der Waals surface area contributed by atoms with Crippen molar-refractivity contribution >= 4 is 23.6 Å². The third kappa shape index (κ3) is 3.54. The van der Waals surface area contributed by atoms with Crippen LogP contribution in [-0.2, 0) is 19.2 Å². The van der Waals surface area contributed by atoms with Crippen molar-refractivity contribution in [2.75, 3.05) is 0 Å². The van der Waals surface area contributed by atoms with Crippen LogP contribution < -0.4 is 34.2 Å². The highest BCUT2D eigenvalue weighted by atomic mass is 16.4. The van der Waals surface area contributed by atoms with Gasteiger partial charge in [0.05, 0.1) is 5.29 Å². The summed E-state index contributed by atoms with van der Waals surface area (Å²) in [6.45, 7) is 0. The highest BCUT2D eigenvalue weighted by Crippen LogP contribution is 1.98. The van der Waals surface area contributed by atoms with Gasteiger partial charge in [-0.3, -0.25) is 30.0 Å². The predicted octanol–water partition coefficient (Wildman–Crippen LogP) is -5.82. The van der Waals surface area contributed by atoms with Crippen molar-refractivity contribution in [2.45, 2.75) is 0 Å². The smallest absolute Gasteiger partial charge is 0.286 e. The van der Waals surface area contributed by atoms with E-state index in [-0.39, 0.29) is 15.5 Å². The summed E-state index contributed by atoms with van der Waals surface area (Å²) in [7, 11) is 0. The third-order valence-corrected chi connectivity index (χ3v) is 1.53. The monoisotopic (exact) mass is 278 g/mol. The molecule has 0 saturated heterocycles. The van der Waals surface area contributed by atoms with Crippen LogP contribution >= 0.6 is 0 Å². The first-order valence-corrected chi connectivity index (χ1v) is 4.14. The molecule has 106 valence electrons. The summed E-state index contributed by atoms with van der Waals surface area (Å²) < 4.78 is 0. The van der Waals surface area contributed by atoms with E-state index in [0.29, 0.717) is 0 Å². The standard InChI is InChI=1S/C4H10N10O5/c5-9-1(15)3(17)12(7)14(11-19)13(8)4(18)2(16)10-6/h5-8H2,(H,9,15)(H,10,16). The van der Waals surface area contributed by atoms with Gasteiger partial charge >= 0.3 is 23.6 Å². The number of rotatable bonds is 3. The first-order chi connectivity index (χ1) is 8.81. The van der Waals surface area contributed by atoms with Crippen molar-refractivity contribution in [3.63, 3.8) is 0 Å². The van der Waals surface area contributed by atoms with E-state index in [1.54, 1.807) is 0 Å². The Hall–Kier alpha value is -2.88. The summed E-state index contributed by atoms with van der Waals surface area (Å²) in [4.78, 5) is 54.5. The van der Waals surface area contributed by atoms with Gasteiger partial charge in [-0.15, -0.1) is 15.1 Å². The molecule has 0 bridgehead atoms. The van der Waals surface area contributed by atoms with Crippen LogP contribution in [0.15, 0.2) is 5.29 Å². The summed E-state index contributed by atoms with van der Waals surface area (Å²) in [6.07, 6.45) is 0. The Bertz CT molecular complexity index is 375. The molecule has 0 rings (SSSR count). The molecule has 0 aliphatic carbocycles. The molecule has 0 aromatic heterocycles. The van der Waals surface area contributed by atoms with Gasteiger partial charge in [-0.25, -0.2) is 23.4 Å². The van der Waals surface area contributed by atoms with Crippen molar-refractivity contribution in [2.24, 2.45) is 28.7 Å². The van der Waals surface area contributed by atoms with Gasteiger partial charge in [0.1, 0.15) is 0 Å². The largest absolute Gasteiger partial charge is 0.349 e. The molecule has 0 saturated carbocycles. The van der Waals surface area contributed by atoms with E-state index in [9.17, 15) is 24.1 Å². The summed E-state index contributed by atoms with van der Waals surface area (Å²) in [6, 6.07) is 0. The molecule has 0 heterocycles. The maximum absolute atomic E-state index is 11.2.